The second-order valence-corrected chi connectivity index (χ2v) is 15.3. The van der Waals surface area contributed by atoms with Crippen LogP contribution < -0.4 is 4.90 Å². The Morgan fingerprint density at radius 3 is 1.97 bits per heavy atom. The number of imide groups is 1. The third kappa shape index (κ3) is 5.48. The lowest BCUT2D eigenvalue weighted by atomic mass is 9.44. The van der Waals surface area contributed by atoms with Crippen LogP contribution >= 0.6 is 0 Å². The van der Waals surface area contributed by atoms with Gasteiger partial charge in [0.2, 0.25) is 11.8 Å². The van der Waals surface area contributed by atoms with Crippen molar-refractivity contribution in [2.75, 3.05) is 4.90 Å². The Labute approximate surface area is 327 Å². The van der Waals surface area contributed by atoms with E-state index in [2.05, 4.69) is 0 Å². The number of alkyl halides is 6. The van der Waals surface area contributed by atoms with Gasteiger partial charge in [0.1, 0.15) is 5.75 Å². The molecule has 1 heterocycles. The number of phenolic OH excluding ortho intramolecular Hbond substituents is 1. The van der Waals surface area contributed by atoms with Gasteiger partial charge < -0.3 is 5.11 Å². The second kappa shape index (κ2) is 13.1. The maximum atomic E-state index is 15.3. The average Bonchev–Trinajstić information content (AvgIpc) is 3.47. The normalized spacial score (nSPS) is 25.9. The Balaban J connectivity index is 1.27. The number of fused-ring (bicyclic) bond motifs is 5. The topological polar surface area (TPSA) is 91.8 Å². The molecule has 1 saturated heterocycles. The summed E-state index contributed by atoms with van der Waals surface area (Å²) < 4.78 is 83.9. The van der Waals surface area contributed by atoms with Gasteiger partial charge in [0.15, 0.2) is 11.6 Å². The largest absolute Gasteiger partial charge is 0.507 e. The fourth-order valence-corrected chi connectivity index (χ4v) is 10.0. The summed E-state index contributed by atoms with van der Waals surface area (Å²) in [5.74, 6) is -8.81. The Morgan fingerprint density at radius 1 is 0.690 bits per heavy atom. The van der Waals surface area contributed by atoms with Crippen molar-refractivity contribution in [1.29, 1.82) is 0 Å². The first-order chi connectivity index (χ1) is 27.6. The van der Waals surface area contributed by atoms with Gasteiger partial charge in [0.05, 0.1) is 34.1 Å². The Hall–Kier alpha value is -6.30. The first-order valence-electron chi connectivity index (χ1n) is 18.6. The molecule has 1 saturated carbocycles. The predicted molar refractivity (Wildman–Crippen MR) is 201 cm³/mol. The van der Waals surface area contributed by atoms with E-state index < -0.39 is 87.6 Å². The highest BCUT2D eigenvalue weighted by atomic mass is 19.4. The molecule has 0 bridgehead atoms. The summed E-state index contributed by atoms with van der Waals surface area (Å²) in [6, 6.07) is 28.3. The number of amides is 2. The zero-order chi connectivity index (χ0) is 40.9. The van der Waals surface area contributed by atoms with Crippen LogP contribution in [0.25, 0.3) is 16.3 Å². The molecule has 58 heavy (non-hydrogen) atoms. The molecular formula is C46H31F6NO5. The summed E-state index contributed by atoms with van der Waals surface area (Å²) >= 11 is 0. The van der Waals surface area contributed by atoms with Crippen LogP contribution in [0.5, 0.6) is 5.75 Å². The van der Waals surface area contributed by atoms with Crippen molar-refractivity contribution in [3.8, 4) is 5.75 Å². The number of carbonyl (C=O) groups excluding carboxylic acids is 4. The highest BCUT2D eigenvalue weighted by Crippen LogP contribution is 2.65. The molecule has 6 nitrogen and oxygen atoms in total. The predicted octanol–water partition coefficient (Wildman–Crippen LogP) is 9.61. The van der Waals surface area contributed by atoms with Crippen LogP contribution in [0, 0.1) is 23.7 Å². The molecule has 5 aromatic rings. The Kier molecular flexibility index (Phi) is 8.43. The number of aromatic hydroxyl groups is 1. The van der Waals surface area contributed by atoms with E-state index in [1.165, 1.54) is 6.08 Å². The van der Waals surface area contributed by atoms with Crippen molar-refractivity contribution in [3.63, 3.8) is 0 Å². The molecular weight excluding hydrogens is 760 g/mol. The molecule has 6 unspecified atom stereocenters. The molecule has 9 rings (SSSR count). The van der Waals surface area contributed by atoms with Gasteiger partial charge in [-0.1, -0.05) is 109 Å². The third-order valence-electron chi connectivity index (χ3n) is 12.4. The highest BCUT2D eigenvalue weighted by Gasteiger charge is 2.66. The zero-order valence-electron chi connectivity index (χ0n) is 30.2. The van der Waals surface area contributed by atoms with Gasteiger partial charge in [-0.3, -0.25) is 19.2 Å². The summed E-state index contributed by atoms with van der Waals surface area (Å²) in [6.07, 6.45) is -7.75. The molecule has 0 aromatic heterocycles. The Bertz CT molecular complexity index is 2600. The van der Waals surface area contributed by atoms with Gasteiger partial charge in [0, 0.05) is 28.4 Å². The quantitative estimate of drug-likeness (QED) is 0.111. The van der Waals surface area contributed by atoms with Gasteiger partial charge in [-0.25, -0.2) is 4.90 Å². The monoisotopic (exact) mass is 791 g/mol. The average molecular weight is 792 g/mol. The van der Waals surface area contributed by atoms with Crippen LogP contribution in [0.1, 0.15) is 46.6 Å². The second-order valence-electron chi connectivity index (χ2n) is 15.3. The molecule has 1 aliphatic heterocycles. The van der Waals surface area contributed by atoms with E-state index in [0.717, 1.165) is 0 Å². The highest BCUT2D eigenvalue weighted by molar-refractivity contribution is 6.32. The number of rotatable bonds is 4. The molecule has 1 N–H and O–H groups in total. The summed E-state index contributed by atoms with van der Waals surface area (Å²) in [5, 5.41) is 13.3. The van der Waals surface area contributed by atoms with Crippen molar-refractivity contribution in [1.82, 2.24) is 0 Å². The fourth-order valence-electron chi connectivity index (χ4n) is 10.0. The van der Waals surface area contributed by atoms with Gasteiger partial charge in [-0.2, -0.15) is 26.3 Å². The maximum Gasteiger partial charge on any atom is 0.416 e. The molecule has 0 radical (unpaired) electrons. The molecule has 292 valence electrons. The number of Topliss-reactive ketones (excluding diaryl/α,β-unsaturated/α-hetero) is 1. The number of halogens is 6. The summed E-state index contributed by atoms with van der Waals surface area (Å²) in [5.41, 5.74) is -4.11. The van der Waals surface area contributed by atoms with E-state index >= 15 is 9.59 Å². The molecule has 3 aliphatic carbocycles. The zero-order valence-corrected chi connectivity index (χ0v) is 30.2. The molecule has 6 atom stereocenters. The fraction of sp³-hybridized carbons (Fsp3) is 0.217. The number of benzene rings is 5. The van der Waals surface area contributed by atoms with Crippen molar-refractivity contribution >= 4 is 45.4 Å². The van der Waals surface area contributed by atoms with Crippen LogP contribution in [0.2, 0.25) is 0 Å². The Morgan fingerprint density at radius 2 is 1.31 bits per heavy atom. The van der Waals surface area contributed by atoms with E-state index in [0.29, 0.717) is 44.5 Å². The number of ketones is 2. The summed E-state index contributed by atoms with van der Waals surface area (Å²) in [7, 11) is 0. The number of hydrogen-bond donors (Lipinski definition) is 1. The minimum absolute atomic E-state index is 0.0737. The number of hydrogen-bond acceptors (Lipinski definition) is 5. The van der Waals surface area contributed by atoms with E-state index in [1.54, 1.807) is 103 Å². The lowest BCUT2D eigenvalue weighted by Gasteiger charge is -2.55. The molecule has 2 fully saturated rings. The molecule has 2 amide bonds. The maximum absolute atomic E-state index is 15.3. The van der Waals surface area contributed by atoms with Crippen LogP contribution in [0.4, 0.5) is 32.0 Å². The lowest BCUT2D eigenvalue weighted by molar-refractivity contribution is -0.143. The number of anilines is 1. The smallest absolute Gasteiger partial charge is 0.416 e. The summed E-state index contributed by atoms with van der Waals surface area (Å²) in [4.78, 5) is 59.6. The lowest BCUT2D eigenvalue weighted by Crippen LogP contribution is -2.58. The van der Waals surface area contributed by atoms with E-state index in [4.69, 9.17) is 0 Å². The molecule has 0 spiro atoms. The van der Waals surface area contributed by atoms with Crippen molar-refractivity contribution in [2.45, 2.75) is 36.5 Å². The van der Waals surface area contributed by atoms with E-state index in [-0.39, 0.29) is 35.8 Å². The standard InChI is InChI=1S/C46H31F6NO5/c47-45(48,49)27-19-28(46(50,51)52)21-29(20-27)53-42(57)32-18-17-31-35(38(32)43(53)58)22-36-41(56)34(24-9-3-1-4-10-24)23-37(54)44(36,26-12-5-2-6-13-26)39(31)33-16-15-25-11-7-8-14-30(25)40(33)55/h1-17,19-21,23,32,35-36,38-39,55H,18,22H2. The van der Waals surface area contributed by atoms with Gasteiger partial charge in [-0.05, 0) is 59.5 Å². The minimum atomic E-state index is -5.24. The number of nitrogens with zero attached hydrogens (tertiary/aromatic N) is 1. The van der Waals surface area contributed by atoms with Crippen LogP contribution in [-0.2, 0) is 36.9 Å². The molecule has 4 aliphatic rings. The van der Waals surface area contributed by atoms with Gasteiger partial charge in [-0.15, -0.1) is 0 Å². The summed E-state index contributed by atoms with van der Waals surface area (Å²) in [6.45, 7) is 0. The van der Waals surface area contributed by atoms with E-state index in [1.807, 2.05) is 0 Å². The SMILES string of the molecule is O=C1C(c2ccccc2)=CC(=O)C2(c3ccccc3)C1CC1C(=CCC3C(=O)N(c4cc(C(F)(F)F)cc(C(F)(F)F)c4)C(=O)C31)C2c1ccc2ccccc2c1O. The number of allylic oxidation sites excluding steroid dienone is 4. The minimum Gasteiger partial charge on any atom is -0.507 e. The third-order valence-corrected chi connectivity index (χ3v) is 12.4. The van der Waals surface area contributed by atoms with Crippen LogP contribution in [0.15, 0.2) is 133 Å². The number of carbonyl (C=O) groups is 4. The molecule has 5 aromatic carbocycles. The van der Waals surface area contributed by atoms with Crippen LogP contribution in [0.3, 0.4) is 0 Å². The van der Waals surface area contributed by atoms with Crippen molar-refractivity contribution in [3.05, 3.63) is 161 Å². The number of phenols is 1. The molecule has 12 heteroatoms. The van der Waals surface area contributed by atoms with Gasteiger partial charge >= 0.3 is 12.4 Å². The van der Waals surface area contributed by atoms with Crippen molar-refractivity contribution < 1.29 is 50.6 Å². The van der Waals surface area contributed by atoms with Crippen molar-refractivity contribution in [2.24, 2.45) is 23.7 Å². The van der Waals surface area contributed by atoms with E-state index in [9.17, 15) is 41.0 Å². The van der Waals surface area contributed by atoms with Gasteiger partial charge in [0.25, 0.3) is 0 Å². The first-order valence-corrected chi connectivity index (χ1v) is 18.6. The first kappa shape index (κ1) is 37.3. The van der Waals surface area contributed by atoms with Crippen LogP contribution in [-0.4, -0.2) is 28.5 Å².